The molecule has 16 heavy (non-hydrogen) atoms. The molecule has 0 saturated heterocycles. The topological polar surface area (TPSA) is 48.4 Å². The van der Waals surface area contributed by atoms with Crippen LogP contribution in [0, 0.1) is 0 Å². The van der Waals surface area contributed by atoms with Crippen LogP contribution in [0.4, 0.5) is 8.78 Å². The molecule has 1 aromatic rings. The SMILES string of the molecule is COC(=O)c1ncc(OC)c(Cl)c1C(F)F. The zero-order valence-corrected chi connectivity index (χ0v) is 9.22. The number of nitrogens with zero attached hydrogens (tertiary/aromatic N) is 1. The Morgan fingerprint density at radius 2 is 2.12 bits per heavy atom. The van der Waals surface area contributed by atoms with Gasteiger partial charge in [0.05, 0.1) is 31.0 Å². The summed E-state index contributed by atoms with van der Waals surface area (Å²) in [5.74, 6) is -0.996. The van der Waals surface area contributed by atoms with E-state index in [2.05, 4.69) is 9.72 Å². The van der Waals surface area contributed by atoms with E-state index in [1.165, 1.54) is 7.11 Å². The molecule has 4 nitrogen and oxygen atoms in total. The van der Waals surface area contributed by atoms with Gasteiger partial charge in [0, 0.05) is 0 Å². The molecule has 0 atom stereocenters. The lowest BCUT2D eigenvalue weighted by molar-refractivity contribution is 0.0581. The number of ether oxygens (including phenoxy) is 2. The quantitative estimate of drug-likeness (QED) is 0.775. The molecule has 0 fully saturated rings. The van der Waals surface area contributed by atoms with E-state index in [-0.39, 0.29) is 10.8 Å². The third kappa shape index (κ3) is 2.21. The Labute approximate surface area is 95.1 Å². The number of aromatic nitrogens is 1. The number of alkyl halides is 2. The van der Waals surface area contributed by atoms with Crippen LogP contribution in [-0.2, 0) is 4.74 Å². The molecule has 1 aromatic heterocycles. The lowest BCUT2D eigenvalue weighted by Crippen LogP contribution is -2.10. The molecule has 88 valence electrons. The molecule has 0 spiro atoms. The van der Waals surface area contributed by atoms with Gasteiger partial charge in [-0.05, 0) is 0 Å². The molecule has 0 bridgehead atoms. The molecule has 0 radical (unpaired) electrons. The number of methoxy groups -OCH3 is 2. The highest BCUT2D eigenvalue weighted by Gasteiger charge is 2.26. The van der Waals surface area contributed by atoms with Gasteiger partial charge in [0.1, 0.15) is 0 Å². The summed E-state index contributed by atoms with van der Waals surface area (Å²) >= 11 is 5.66. The maximum atomic E-state index is 12.7. The number of carbonyl (C=O) groups excluding carboxylic acids is 1. The summed E-state index contributed by atoms with van der Waals surface area (Å²) in [4.78, 5) is 14.7. The average molecular weight is 252 g/mol. The summed E-state index contributed by atoms with van der Waals surface area (Å²) in [7, 11) is 2.33. The van der Waals surface area contributed by atoms with E-state index in [4.69, 9.17) is 16.3 Å². The second-order valence-corrected chi connectivity index (χ2v) is 3.07. The zero-order chi connectivity index (χ0) is 12.3. The van der Waals surface area contributed by atoms with Crippen molar-refractivity contribution in [2.75, 3.05) is 14.2 Å². The van der Waals surface area contributed by atoms with Crippen LogP contribution in [0.5, 0.6) is 5.75 Å². The van der Waals surface area contributed by atoms with Crippen LogP contribution in [0.1, 0.15) is 22.5 Å². The fourth-order valence-corrected chi connectivity index (χ4v) is 1.38. The fourth-order valence-electron chi connectivity index (χ4n) is 1.09. The van der Waals surface area contributed by atoms with Gasteiger partial charge < -0.3 is 9.47 Å². The van der Waals surface area contributed by atoms with Crippen molar-refractivity contribution in [3.05, 3.63) is 22.5 Å². The third-order valence-corrected chi connectivity index (χ3v) is 2.23. The van der Waals surface area contributed by atoms with E-state index >= 15 is 0 Å². The van der Waals surface area contributed by atoms with Crippen molar-refractivity contribution in [3.8, 4) is 5.75 Å². The summed E-state index contributed by atoms with van der Waals surface area (Å²) in [6.07, 6.45) is -1.86. The number of esters is 1. The van der Waals surface area contributed by atoms with Crippen molar-refractivity contribution in [2.45, 2.75) is 6.43 Å². The molecular formula is C9H8ClF2NO3. The maximum absolute atomic E-state index is 12.7. The number of hydrogen-bond donors (Lipinski definition) is 0. The van der Waals surface area contributed by atoms with E-state index in [0.717, 1.165) is 13.3 Å². The molecule has 0 aromatic carbocycles. The monoisotopic (exact) mass is 251 g/mol. The molecule has 0 unspecified atom stereocenters. The summed E-state index contributed by atoms with van der Waals surface area (Å²) in [5, 5.41) is -0.340. The second kappa shape index (κ2) is 5.07. The first-order chi connectivity index (χ1) is 7.52. The van der Waals surface area contributed by atoms with Gasteiger partial charge in [0.15, 0.2) is 11.4 Å². The zero-order valence-electron chi connectivity index (χ0n) is 8.46. The van der Waals surface area contributed by atoms with Gasteiger partial charge >= 0.3 is 5.97 Å². The lowest BCUT2D eigenvalue weighted by Gasteiger charge is -2.10. The summed E-state index contributed by atoms with van der Waals surface area (Å²) < 4.78 is 34.5. The number of rotatable bonds is 3. The van der Waals surface area contributed by atoms with E-state index in [9.17, 15) is 13.6 Å². The van der Waals surface area contributed by atoms with Gasteiger partial charge in [-0.25, -0.2) is 18.6 Å². The average Bonchev–Trinajstić information content (AvgIpc) is 2.26. The van der Waals surface area contributed by atoms with E-state index < -0.39 is 23.7 Å². The lowest BCUT2D eigenvalue weighted by atomic mass is 10.2. The van der Waals surface area contributed by atoms with Crippen molar-refractivity contribution < 1.29 is 23.0 Å². The third-order valence-electron chi connectivity index (χ3n) is 1.84. The Balaban J connectivity index is 3.40. The molecular weight excluding hydrogens is 244 g/mol. The largest absolute Gasteiger partial charge is 0.494 e. The van der Waals surface area contributed by atoms with Crippen molar-refractivity contribution in [3.63, 3.8) is 0 Å². The molecule has 1 rings (SSSR count). The standard InChI is InChI=1S/C9H8ClF2NO3/c1-15-4-3-13-7(9(14)16-2)5(6(4)10)8(11)12/h3,8H,1-2H3. The van der Waals surface area contributed by atoms with Crippen LogP contribution in [0.3, 0.4) is 0 Å². The van der Waals surface area contributed by atoms with Gasteiger partial charge in [-0.3, -0.25) is 0 Å². The van der Waals surface area contributed by atoms with Crippen molar-refractivity contribution in [1.82, 2.24) is 4.98 Å². The van der Waals surface area contributed by atoms with Crippen LogP contribution in [0.15, 0.2) is 6.20 Å². The van der Waals surface area contributed by atoms with Crippen LogP contribution in [-0.4, -0.2) is 25.2 Å². The predicted octanol–water partition coefficient (Wildman–Crippen LogP) is 2.47. The van der Waals surface area contributed by atoms with Crippen molar-refractivity contribution in [1.29, 1.82) is 0 Å². The molecule has 1 heterocycles. The first-order valence-electron chi connectivity index (χ1n) is 4.11. The van der Waals surface area contributed by atoms with Gasteiger partial charge in [0.2, 0.25) is 0 Å². The molecule has 0 aliphatic heterocycles. The molecule has 0 saturated carbocycles. The second-order valence-electron chi connectivity index (χ2n) is 2.70. The number of halogens is 3. The highest BCUT2D eigenvalue weighted by Crippen LogP contribution is 2.35. The van der Waals surface area contributed by atoms with Crippen molar-refractivity contribution >= 4 is 17.6 Å². The fraction of sp³-hybridized carbons (Fsp3) is 0.333. The van der Waals surface area contributed by atoms with Gasteiger partial charge in [-0.2, -0.15) is 0 Å². The Morgan fingerprint density at radius 1 is 1.50 bits per heavy atom. The van der Waals surface area contributed by atoms with Crippen LogP contribution >= 0.6 is 11.6 Å². The summed E-state index contributed by atoms with van der Waals surface area (Å²) in [6.45, 7) is 0. The van der Waals surface area contributed by atoms with Crippen molar-refractivity contribution in [2.24, 2.45) is 0 Å². The number of hydrogen-bond acceptors (Lipinski definition) is 4. The normalized spacial score (nSPS) is 10.4. The molecule has 0 aliphatic carbocycles. The summed E-state index contributed by atoms with van der Waals surface area (Å²) in [6, 6.07) is 0. The van der Waals surface area contributed by atoms with Gasteiger partial charge in [-0.1, -0.05) is 11.6 Å². The summed E-state index contributed by atoms with van der Waals surface area (Å²) in [5.41, 5.74) is -1.20. The maximum Gasteiger partial charge on any atom is 0.357 e. The van der Waals surface area contributed by atoms with Gasteiger partial charge in [0.25, 0.3) is 6.43 Å². The Kier molecular flexibility index (Phi) is 4.00. The number of pyridine rings is 1. The predicted molar refractivity (Wildman–Crippen MR) is 52.1 cm³/mol. The Morgan fingerprint density at radius 3 is 2.56 bits per heavy atom. The first kappa shape index (κ1) is 12.6. The minimum atomic E-state index is -2.94. The van der Waals surface area contributed by atoms with E-state index in [1.54, 1.807) is 0 Å². The number of carbonyl (C=O) groups is 1. The molecule has 0 aliphatic rings. The molecule has 0 N–H and O–H groups in total. The Bertz CT molecular complexity index is 412. The first-order valence-corrected chi connectivity index (χ1v) is 4.49. The highest BCUT2D eigenvalue weighted by atomic mass is 35.5. The highest BCUT2D eigenvalue weighted by molar-refractivity contribution is 6.33. The molecule has 7 heteroatoms. The van der Waals surface area contributed by atoms with E-state index in [0.29, 0.717) is 0 Å². The van der Waals surface area contributed by atoms with Crippen LogP contribution < -0.4 is 4.74 Å². The van der Waals surface area contributed by atoms with Crippen LogP contribution in [0.25, 0.3) is 0 Å². The minimum Gasteiger partial charge on any atom is -0.494 e. The van der Waals surface area contributed by atoms with E-state index in [1.807, 2.05) is 0 Å². The minimum absolute atomic E-state index is 0.0235. The van der Waals surface area contributed by atoms with Crippen LogP contribution in [0.2, 0.25) is 5.02 Å². The smallest absolute Gasteiger partial charge is 0.357 e. The Hall–Kier alpha value is -1.43. The molecule has 0 amide bonds. The van der Waals surface area contributed by atoms with Gasteiger partial charge in [-0.15, -0.1) is 0 Å².